The zero-order valence-electron chi connectivity index (χ0n) is 16.7. The SMILES string of the molecule is CCOC(CCNC(=NC)NCc1cnn(-c2ccccc2)c1)C(C)C.I. The van der Waals surface area contributed by atoms with E-state index in [0.29, 0.717) is 12.5 Å². The van der Waals surface area contributed by atoms with Crippen molar-refractivity contribution in [1.29, 1.82) is 0 Å². The molecule has 0 aliphatic heterocycles. The largest absolute Gasteiger partial charge is 0.378 e. The highest BCUT2D eigenvalue weighted by atomic mass is 127. The third-order valence-electron chi connectivity index (χ3n) is 4.19. The average molecular weight is 485 g/mol. The molecule has 2 aromatic rings. The number of guanidine groups is 1. The van der Waals surface area contributed by atoms with Crippen LogP contribution in [-0.4, -0.2) is 42.0 Å². The molecule has 0 radical (unpaired) electrons. The molecule has 0 aliphatic rings. The van der Waals surface area contributed by atoms with Crippen molar-refractivity contribution in [3.05, 3.63) is 48.3 Å². The molecule has 1 unspecified atom stereocenters. The van der Waals surface area contributed by atoms with Gasteiger partial charge in [0.25, 0.3) is 0 Å². The van der Waals surface area contributed by atoms with Crippen LogP contribution < -0.4 is 10.6 Å². The Bertz CT molecular complexity index is 672. The van der Waals surface area contributed by atoms with Gasteiger partial charge in [0.15, 0.2) is 5.96 Å². The van der Waals surface area contributed by atoms with Crippen molar-refractivity contribution in [1.82, 2.24) is 20.4 Å². The van der Waals surface area contributed by atoms with Crippen LogP contribution >= 0.6 is 24.0 Å². The Hall–Kier alpha value is -1.61. The van der Waals surface area contributed by atoms with Crippen LogP contribution in [0.3, 0.4) is 0 Å². The van der Waals surface area contributed by atoms with E-state index in [4.69, 9.17) is 4.74 Å². The number of para-hydroxylation sites is 1. The maximum atomic E-state index is 5.78. The lowest BCUT2D eigenvalue weighted by Gasteiger charge is -2.21. The van der Waals surface area contributed by atoms with E-state index in [1.165, 1.54) is 0 Å². The van der Waals surface area contributed by atoms with Crippen molar-refractivity contribution in [3.8, 4) is 5.69 Å². The monoisotopic (exact) mass is 485 g/mol. The van der Waals surface area contributed by atoms with Gasteiger partial charge < -0.3 is 15.4 Å². The van der Waals surface area contributed by atoms with E-state index in [2.05, 4.69) is 34.6 Å². The maximum absolute atomic E-state index is 5.78. The molecule has 1 atom stereocenters. The number of benzene rings is 1. The quantitative estimate of drug-likeness (QED) is 0.324. The standard InChI is InChI=1S/C20H31N5O.HI/c1-5-26-19(16(2)3)11-12-22-20(21-4)23-13-17-14-24-25(15-17)18-9-7-6-8-10-18;/h6-10,14-16,19H,5,11-13H2,1-4H3,(H2,21,22,23);1H. The highest BCUT2D eigenvalue weighted by molar-refractivity contribution is 14.0. The Balaban J connectivity index is 0.00000364. The Labute approximate surface area is 179 Å². The van der Waals surface area contributed by atoms with E-state index in [1.54, 1.807) is 7.05 Å². The van der Waals surface area contributed by atoms with Crippen LogP contribution in [-0.2, 0) is 11.3 Å². The van der Waals surface area contributed by atoms with Crippen LogP contribution in [0.2, 0.25) is 0 Å². The van der Waals surface area contributed by atoms with E-state index < -0.39 is 0 Å². The number of nitrogens with zero attached hydrogens (tertiary/aromatic N) is 3. The number of aliphatic imine (C=N–C) groups is 1. The summed E-state index contributed by atoms with van der Waals surface area (Å²) in [4.78, 5) is 4.28. The average Bonchev–Trinajstić information content (AvgIpc) is 3.13. The smallest absolute Gasteiger partial charge is 0.191 e. The third kappa shape index (κ3) is 7.88. The fourth-order valence-electron chi connectivity index (χ4n) is 2.74. The topological polar surface area (TPSA) is 63.5 Å². The first-order chi connectivity index (χ1) is 12.6. The van der Waals surface area contributed by atoms with Crippen LogP contribution in [0.25, 0.3) is 5.69 Å². The van der Waals surface area contributed by atoms with Gasteiger partial charge in [0, 0.05) is 38.5 Å². The molecule has 0 aliphatic carbocycles. The van der Waals surface area contributed by atoms with Crippen LogP contribution in [0.1, 0.15) is 32.8 Å². The number of nitrogens with one attached hydrogen (secondary N) is 2. The Kier molecular flexibility index (Phi) is 11.0. The van der Waals surface area contributed by atoms with Crippen molar-refractivity contribution in [2.75, 3.05) is 20.2 Å². The summed E-state index contributed by atoms with van der Waals surface area (Å²) in [6.45, 7) is 8.67. The van der Waals surface area contributed by atoms with Gasteiger partial charge in [0.1, 0.15) is 0 Å². The predicted octanol–water partition coefficient (Wildman–Crippen LogP) is 3.61. The van der Waals surface area contributed by atoms with Crippen LogP contribution in [0.4, 0.5) is 0 Å². The molecule has 7 heteroatoms. The lowest BCUT2D eigenvalue weighted by Crippen LogP contribution is -2.38. The summed E-state index contributed by atoms with van der Waals surface area (Å²) in [6, 6.07) is 10.1. The third-order valence-corrected chi connectivity index (χ3v) is 4.19. The molecule has 1 aromatic heterocycles. The number of halogens is 1. The van der Waals surface area contributed by atoms with Crippen LogP contribution in [0.15, 0.2) is 47.7 Å². The first kappa shape index (κ1) is 23.4. The second kappa shape index (κ2) is 12.7. The summed E-state index contributed by atoms with van der Waals surface area (Å²) >= 11 is 0. The first-order valence-electron chi connectivity index (χ1n) is 9.29. The Morgan fingerprint density at radius 3 is 2.59 bits per heavy atom. The summed E-state index contributed by atoms with van der Waals surface area (Å²) in [5, 5.41) is 11.1. The van der Waals surface area contributed by atoms with Gasteiger partial charge >= 0.3 is 0 Å². The second-order valence-electron chi connectivity index (χ2n) is 6.51. The van der Waals surface area contributed by atoms with Gasteiger partial charge in [0.05, 0.1) is 18.0 Å². The van der Waals surface area contributed by atoms with Gasteiger partial charge in [0.2, 0.25) is 0 Å². The van der Waals surface area contributed by atoms with Gasteiger partial charge in [-0.15, -0.1) is 24.0 Å². The van der Waals surface area contributed by atoms with E-state index >= 15 is 0 Å². The molecule has 2 N–H and O–H groups in total. The fourth-order valence-corrected chi connectivity index (χ4v) is 2.74. The van der Waals surface area contributed by atoms with E-state index in [1.807, 2.05) is 54.3 Å². The minimum absolute atomic E-state index is 0. The van der Waals surface area contributed by atoms with Crippen LogP contribution in [0.5, 0.6) is 0 Å². The zero-order chi connectivity index (χ0) is 18.8. The van der Waals surface area contributed by atoms with Gasteiger partial charge in [-0.05, 0) is 31.4 Å². The lowest BCUT2D eigenvalue weighted by atomic mass is 10.0. The number of hydrogen-bond acceptors (Lipinski definition) is 3. The Morgan fingerprint density at radius 1 is 1.22 bits per heavy atom. The highest BCUT2D eigenvalue weighted by Gasteiger charge is 2.13. The highest BCUT2D eigenvalue weighted by Crippen LogP contribution is 2.10. The first-order valence-corrected chi connectivity index (χ1v) is 9.29. The second-order valence-corrected chi connectivity index (χ2v) is 6.51. The summed E-state index contributed by atoms with van der Waals surface area (Å²) in [6.07, 6.45) is 5.13. The minimum atomic E-state index is 0. The lowest BCUT2D eigenvalue weighted by molar-refractivity contribution is 0.0258. The van der Waals surface area contributed by atoms with E-state index in [9.17, 15) is 0 Å². The molecule has 6 nitrogen and oxygen atoms in total. The van der Waals surface area contributed by atoms with E-state index in [-0.39, 0.29) is 30.1 Å². The summed E-state index contributed by atoms with van der Waals surface area (Å²) in [7, 11) is 1.78. The number of ether oxygens (including phenoxy) is 1. The molecule has 0 fully saturated rings. The molecule has 27 heavy (non-hydrogen) atoms. The minimum Gasteiger partial charge on any atom is -0.378 e. The Morgan fingerprint density at radius 2 is 1.96 bits per heavy atom. The molecule has 1 heterocycles. The van der Waals surface area contributed by atoms with Crippen molar-refractivity contribution >= 4 is 29.9 Å². The molecule has 0 saturated heterocycles. The molecule has 2 rings (SSSR count). The number of rotatable bonds is 9. The molecule has 1 aromatic carbocycles. The van der Waals surface area contributed by atoms with Crippen molar-refractivity contribution in [2.45, 2.75) is 39.8 Å². The van der Waals surface area contributed by atoms with Gasteiger partial charge in [-0.2, -0.15) is 5.10 Å². The number of hydrogen-bond donors (Lipinski definition) is 2. The summed E-state index contributed by atoms with van der Waals surface area (Å²) in [5.74, 6) is 1.30. The molecule has 0 spiro atoms. The molecule has 0 bridgehead atoms. The predicted molar refractivity (Wildman–Crippen MR) is 122 cm³/mol. The van der Waals surface area contributed by atoms with Gasteiger partial charge in [-0.1, -0.05) is 32.0 Å². The summed E-state index contributed by atoms with van der Waals surface area (Å²) < 4.78 is 7.66. The molecule has 0 saturated carbocycles. The zero-order valence-corrected chi connectivity index (χ0v) is 19.0. The number of aromatic nitrogens is 2. The van der Waals surface area contributed by atoms with Gasteiger partial charge in [-0.3, -0.25) is 4.99 Å². The summed E-state index contributed by atoms with van der Waals surface area (Å²) in [5.41, 5.74) is 2.16. The molecular formula is C20H32IN5O. The molecule has 150 valence electrons. The maximum Gasteiger partial charge on any atom is 0.191 e. The van der Waals surface area contributed by atoms with Crippen molar-refractivity contribution < 1.29 is 4.74 Å². The van der Waals surface area contributed by atoms with Gasteiger partial charge in [-0.25, -0.2) is 4.68 Å². The van der Waals surface area contributed by atoms with Crippen molar-refractivity contribution in [3.63, 3.8) is 0 Å². The normalized spacial score (nSPS) is 12.6. The van der Waals surface area contributed by atoms with Crippen LogP contribution in [0, 0.1) is 5.92 Å². The fraction of sp³-hybridized carbons (Fsp3) is 0.500. The van der Waals surface area contributed by atoms with Crippen molar-refractivity contribution in [2.24, 2.45) is 10.9 Å². The molecular weight excluding hydrogens is 453 g/mol. The van der Waals surface area contributed by atoms with E-state index in [0.717, 1.165) is 36.8 Å². The molecule has 0 amide bonds.